The highest BCUT2D eigenvalue weighted by molar-refractivity contribution is 5.69. The van der Waals surface area contributed by atoms with E-state index in [0.717, 1.165) is 0 Å². The first kappa shape index (κ1) is 8.73. The van der Waals surface area contributed by atoms with Crippen LogP contribution in [-0.2, 0) is 9.53 Å². The van der Waals surface area contributed by atoms with Gasteiger partial charge in [0.1, 0.15) is 0 Å². The lowest BCUT2D eigenvalue weighted by Crippen LogP contribution is -2.07. The molecule has 0 saturated carbocycles. The number of aliphatic hydroxyl groups excluding tert-OH is 1. The van der Waals surface area contributed by atoms with Gasteiger partial charge in [-0.2, -0.15) is 5.10 Å². The number of aliphatic hydroxyl groups is 1. The van der Waals surface area contributed by atoms with Crippen molar-refractivity contribution in [1.29, 1.82) is 0 Å². The smallest absolute Gasteiger partial charge is 0.308 e. The van der Waals surface area contributed by atoms with Crippen molar-refractivity contribution in [2.24, 2.45) is 0 Å². The molecule has 0 amide bonds. The van der Waals surface area contributed by atoms with Crippen LogP contribution in [0.25, 0.3) is 0 Å². The molecule has 0 aliphatic rings. The topological polar surface area (TPSA) is 75.2 Å². The average molecular weight is 170 g/mol. The Balaban J connectivity index is 2.49. The van der Waals surface area contributed by atoms with E-state index in [1.165, 1.54) is 19.5 Å². The second-order valence-electron chi connectivity index (χ2n) is 2.33. The summed E-state index contributed by atoms with van der Waals surface area (Å²) in [6.45, 7) is 0. The number of hydrogen-bond acceptors (Lipinski definition) is 4. The summed E-state index contributed by atoms with van der Waals surface area (Å²) in [4.78, 5) is 10.7. The molecule has 0 saturated heterocycles. The molecular weight excluding hydrogens is 160 g/mol. The van der Waals surface area contributed by atoms with Gasteiger partial charge >= 0.3 is 5.97 Å². The number of aromatic amines is 1. The van der Waals surface area contributed by atoms with E-state index in [0.29, 0.717) is 5.56 Å². The van der Waals surface area contributed by atoms with Gasteiger partial charge in [-0.05, 0) is 0 Å². The number of rotatable bonds is 3. The second-order valence-corrected chi connectivity index (χ2v) is 2.33. The van der Waals surface area contributed by atoms with Gasteiger partial charge in [0.15, 0.2) is 0 Å². The molecule has 5 heteroatoms. The van der Waals surface area contributed by atoms with Crippen molar-refractivity contribution in [2.45, 2.75) is 12.5 Å². The van der Waals surface area contributed by atoms with Crippen LogP contribution in [-0.4, -0.2) is 28.4 Å². The van der Waals surface area contributed by atoms with Gasteiger partial charge in [-0.25, -0.2) is 0 Å². The normalized spacial score (nSPS) is 12.5. The largest absolute Gasteiger partial charge is 0.469 e. The van der Waals surface area contributed by atoms with Crippen molar-refractivity contribution in [3.8, 4) is 0 Å². The molecule has 66 valence electrons. The summed E-state index contributed by atoms with van der Waals surface area (Å²) in [5, 5.41) is 15.5. The van der Waals surface area contributed by atoms with E-state index in [-0.39, 0.29) is 6.42 Å². The van der Waals surface area contributed by atoms with Crippen molar-refractivity contribution in [2.75, 3.05) is 7.11 Å². The number of ether oxygens (including phenoxy) is 1. The molecule has 0 aromatic carbocycles. The lowest BCUT2D eigenvalue weighted by Gasteiger charge is -2.04. The number of nitrogens with zero attached hydrogens (tertiary/aromatic N) is 1. The minimum absolute atomic E-state index is 0.0456. The molecular formula is C7H10N2O3. The molecule has 5 nitrogen and oxygen atoms in total. The van der Waals surface area contributed by atoms with Gasteiger partial charge in [-0.1, -0.05) is 0 Å². The molecule has 0 aliphatic heterocycles. The predicted molar refractivity (Wildman–Crippen MR) is 40.2 cm³/mol. The van der Waals surface area contributed by atoms with Gasteiger partial charge in [0.25, 0.3) is 0 Å². The maximum atomic E-state index is 10.7. The van der Waals surface area contributed by atoms with Gasteiger partial charge in [0.2, 0.25) is 0 Å². The van der Waals surface area contributed by atoms with E-state index in [2.05, 4.69) is 14.9 Å². The Hall–Kier alpha value is -1.36. The van der Waals surface area contributed by atoms with Gasteiger partial charge < -0.3 is 9.84 Å². The highest BCUT2D eigenvalue weighted by atomic mass is 16.5. The van der Waals surface area contributed by atoms with Crippen LogP contribution in [0.2, 0.25) is 0 Å². The number of nitrogens with one attached hydrogen (secondary N) is 1. The van der Waals surface area contributed by atoms with Crippen LogP contribution in [0.15, 0.2) is 12.4 Å². The maximum Gasteiger partial charge on any atom is 0.308 e. The first-order valence-corrected chi connectivity index (χ1v) is 3.47. The third-order valence-electron chi connectivity index (χ3n) is 1.49. The molecule has 1 heterocycles. The minimum atomic E-state index is -0.837. The number of aromatic nitrogens is 2. The standard InChI is InChI=1S/C7H10N2O3/c1-12-7(11)2-6(10)5-3-8-9-4-5/h3-4,6,10H,2H2,1H3,(H,8,9)/t6-/m0/s1. The summed E-state index contributed by atoms with van der Waals surface area (Å²) < 4.78 is 4.39. The van der Waals surface area contributed by atoms with Crippen molar-refractivity contribution in [3.63, 3.8) is 0 Å². The molecule has 1 aromatic rings. The molecule has 1 aromatic heterocycles. The number of carbonyl (C=O) groups excluding carboxylic acids is 1. The number of hydrogen-bond donors (Lipinski definition) is 2. The van der Waals surface area contributed by atoms with Crippen LogP contribution >= 0.6 is 0 Å². The zero-order chi connectivity index (χ0) is 8.97. The Morgan fingerprint density at radius 3 is 3.17 bits per heavy atom. The molecule has 1 rings (SSSR count). The Morgan fingerprint density at radius 2 is 2.67 bits per heavy atom. The molecule has 0 spiro atoms. The lowest BCUT2D eigenvalue weighted by atomic mass is 10.1. The molecule has 0 fully saturated rings. The molecule has 2 N–H and O–H groups in total. The van der Waals surface area contributed by atoms with E-state index in [9.17, 15) is 9.90 Å². The first-order valence-electron chi connectivity index (χ1n) is 3.47. The maximum absolute atomic E-state index is 10.7. The summed E-state index contributed by atoms with van der Waals surface area (Å²) in [6.07, 6.45) is 2.12. The summed E-state index contributed by atoms with van der Waals surface area (Å²) in [5.41, 5.74) is 0.584. The number of esters is 1. The third-order valence-corrected chi connectivity index (χ3v) is 1.49. The van der Waals surface area contributed by atoms with Crippen LogP contribution in [0.4, 0.5) is 0 Å². The lowest BCUT2D eigenvalue weighted by molar-refractivity contribution is -0.142. The van der Waals surface area contributed by atoms with Crippen LogP contribution in [0.5, 0.6) is 0 Å². The number of methoxy groups -OCH3 is 1. The predicted octanol–water partition coefficient (Wildman–Crippen LogP) is 0.00620. The van der Waals surface area contributed by atoms with E-state index in [4.69, 9.17) is 0 Å². The van der Waals surface area contributed by atoms with Crippen molar-refractivity contribution < 1.29 is 14.6 Å². The van der Waals surface area contributed by atoms with Gasteiger partial charge in [-0.3, -0.25) is 9.89 Å². The first-order chi connectivity index (χ1) is 5.74. The fourth-order valence-electron chi connectivity index (χ4n) is 0.802. The highest BCUT2D eigenvalue weighted by Crippen LogP contribution is 2.14. The monoisotopic (exact) mass is 170 g/mol. The number of H-pyrrole nitrogens is 1. The average Bonchev–Trinajstić information content (AvgIpc) is 2.56. The van der Waals surface area contributed by atoms with E-state index in [1.54, 1.807) is 0 Å². The zero-order valence-corrected chi connectivity index (χ0v) is 6.65. The van der Waals surface area contributed by atoms with E-state index in [1.807, 2.05) is 0 Å². The molecule has 12 heavy (non-hydrogen) atoms. The Labute approximate surface area is 69.4 Å². The Morgan fingerprint density at radius 1 is 1.92 bits per heavy atom. The van der Waals surface area contributed by atoms with Gasteiger partial charge in [0.05, 0.1) is 25.8 Å². The van der Waals surface area contributed by atoms with E-state index >= 15 is 0 Å². The molecule has 1 atom stereocenters. The van der Waals surface area contributed by atoms with Crippen LogP contribution < -0.4 is 0 Å². The number of carbonyl (C=O) groups is 1. The minimum Gasteiger partial charge on any atom is -0.469 e. The fraction of sp³-hybridized carbons (Fsp3) is 0.429. The quantitative estimate of drug-likeness (QED) is 0.626. The van der Waals surface area contributed by atoms with Crippen molar-refractivity contribution in [1.82, 2.24) is 10.2 Å². The molecule has 0 unspecified atom stereocenters. The zero-order valence-electron chi connectivity index (χ0n) is 6.65. The molecule has 0 aliphatic carbocycles. The SMILES string of the molecule is COC(=O)C[C@H](O)c1cn[nH]c1. The summed E-state index contributed by atoms with van der Waals surface area (Å²) in [5.74, 6) is -0.441. The van der Waals surface area contributed by atoms with E-state index < -0.39 is 12.1 Å². The summed E-state index contributed by atoms with van der Waals surface area (Å²) >= 11 is 0. The highest BCUT2D eigenvalue weighted by Gasteiger charge is 2.13. The second kappa shape index (κ2) is 3.87. The van der Waals surface area contributed by atoms with Crippen molar-refractivity contribution in [3.05, 3.63) is 18.0 Å². The summed E-state index contributed by atoms with van der Waals surface area (Å²) in [7, 11) is 1.28. The molecule has 0 radical (unpaired) electrons. The third kappa shape index (κ3) is 2.06. The Bertz CT molecular complexity index is 245. The van der Waals surface area contributed by atoms with Crippen molar-refractivity contribution >= 4 is 5.97 Å². The summed E-state index contributed by atoms with van der Waals surface area (Å²) in [6, 6.07) is 0. The van der Waals surface area contributed by atoms with Crippen LogP contribution in [0.1, 0.15) is 18.1 Å². The van der Waals surface area contributed by atoms with Gasteiger partial charge in [-0.15, -0.1) is 0 Å². The van der Waals surface area contributed by atoms with Crippen LogP contribution in [0, 0.1) is 0 Å². The molecule has 0 bridgehead atoms. The Kier molecular flexibility index (Phi) is 2.82. The fourth-order valence-corrected chi connectivity index (χ4v) is 0.802. The van der Waals surface area contributed by atoms with Gasteiger partial charge in [0, 0.05) is 11.8 Å². The van der Waals surface area contributed by atoms with Crippen LogP contribution in [0.3, 0.4) is 0 Å².